The molecule has 0 saturated heterocycles. The summed E-state index contributed by atoms with van der Waals surface area (Å²) >= 11 is 9.39. The predicted octanol–water partition coefficient (Wildman–Crippen LogP) is 4.54. The maximum atomic E-state index is 12.9. The van der Waals surface area contributed by atoms with Crippen molar-refractivity contribution >= 4 is 27.5 Å². The lowest BCUT2D eigenvalue weighted by Crippen LogP contribution is -1.99. The molecule has 0 aliphatic carbocycles. The minimum atomic E-state index is -0.189. The average Bonchev–Trinajstić information content (AvgIpc) is 2.19. The lowest BCUT2D eigenvalue weighted by Gasteiger charge is -2.07. The van der Waals surface area contributed by atoms with E-state index in [0.29, 0.717) is 0 Å². The van der Waals surface area contributed by atoms with Crippen molar-refractivity contribution in [1.29, 1.82) is 0 Å². The Hall–Kier alpha value is -0.0800. The van der Waals surface area contributed by atoms with Gasteiger partial charge >= 0.3 is 0 Å². The quantitative estimate of drug-likeness (QED) is 0.710. The fourth-order valence-electron chi connectivity index (χ4n) is 1.25. The summed E-state index contributed by atoms with van der Waals surface area (Å²) in [5.41, 5.74) is 0.990. The molecule has 1 unspecified atom stereocenters. The Balaban J connectivity index is 2.62. The second-order valence-corrected chi connectivity index (χ2v) is 4.75. The molecule has 14 heavy (non-hydrogen) atoms. The number of aryl methyl sites for hydroxylation is 1. The van der Waals surface area contributed by atoms with Gasteiger partial charge in [0.15, 0.2) is 0 Å². The summed E-state index contributed by atoms with van der Waals surface area (Å²) < 4.78 is 13.9. The van der Waals surface area contributed by atoms with Crippen LogP contribution in [0.3, 0.4) is 0 Å². The number of rotatable bonds is 4. The Bertz CT molecular complexity index is 301. The predicted molar refractivity (Wildman–Crippen MR) is 62.4 cm³/mol. The molecular formula is C11H13BrClF. The SMILES string of the molecule is CCC(Cl)CCc1cc(F)ccc1Br. The van der Waals surface area contributed by atoms with E-state index >= 15 is 0 Å². The average molecular weight is 280 g/mol. The first-order chi connectivity index (χ1) is 6.63. The number of halogens is 3. The maximum absolute atomic E-state index is 12.9. The van der Waals surface area contributed by atoms with Crippen molar-refractivity contribution < 1.29 is 4.39 Å². The molecule has 0 fully saturated rings. The zero-order valence-electron chi connectivity index (χ0n) is 8.06. The number of benzene rings is 1. The van der Waals surface area contributed by atoms with Gasteiger partial charge in [0.05, 0.1) is 0 Å². The summed E-state index contributed by atoms with van der Waals surface area (Å²) in [6, 6.07) is 4.74. The fraction of sp³-hybridized carbons (Fsp3) is 0.455. The van der Waals surface area contributed by atoms with E-state index in [-0.39, 0.29) is 11.2 Å². The molecule has 78 valence electrons. The van der Waals surface area contributed by atoms with Crippen LogP contribution in [0.5, 0.6) is 0 Å². The highest BCUT2D eigenvalue weighted by atomic mass is 79.9. The van der Waals surface area contributed by atoms with Crippen LogP contribution in [0.15, 0.2) is 22.7 Å². The summed E-state index contributed by atoms with van der Waals surface area (Å²) in [6.45, 7) is 2.05. The largest absolute Gasteiger partial charge is 0.207 e. The first-order valence-electron chi connectivity index (χ1n) is 4.71. The number of alkyl halides is 1. The number of hydrogen-bond donors (Lipinski definition) is 0. The normalized spacial score (nSPS) is 12.9. The Morgan fingerprint density at radius 3 is 2.86 bits per heavy atom. The lowest BCUT2D eigenvalue weighted by atomic mass is 10.1. The van der Waals surface area contributed by atoms with E-state index in [4.69, 9.17) is 11.6 Å². The van der Waals surface area contributed by atoms with E-state index in [9.17, 15) is 4.39 Å². The lowest BCUT2D eigenvalue weighted by molar-refractivity contribution is 0.623. The highest BCUT2D eigenvalue weighted by molar-refractivity contribution is 9.10. The summed E-state index contributed by atoms with van der Waals surface area (Å²) in [4.78, 5) is 0. The van der Waals surface area contributed by atoms with Gasteiger partial charge in [-0.15, -0.1) is 11.6 Å². The Kier molecular flexibility index (Phi) is 4.90. The van der Waals surface area contributed by atoms with Gasteiger partial charge < -0.3 is 0 Å². The molecule has 1 rings (SSSR count). The minimum absolute atomic E-state index is 0.185. The van der Waals surface area contributed by atoms with Crippen LogP contribution >= 0.6 is 27.5 Å². The maximum Gasteiger partial charge on any atom is 0.123 e. The third kappa shape index (κ3) is 3.58. The van der Waals surface area contributed by atoms with Crippen LogP contribution in [0.1, 0.15) is 25.3 Å². The molecule has 1 atom stereocenters. The van der Waals surface area contributed by atoms with E-state index in [1.165, 1.54) is 6.07 Å². The van der Waals surface area contributed by atoms with Crippen molar-refractivity contribution in [2.45, 2.75) is 31.6 Å². The van der Waals surface area contributed by atoms with Crippen LogP contribution in [0.2, 0.25) is 0 Å². The zero-order valence-corrected chi connectivity index (χ0v) is 10.4. The molecule has 0 heterocycles. The standard InChI is InChI=1S/C11H13BrClF/c1-2-9(13)4-3-8-7-10(14)5-6-11(8)12/h5-7,9H,2-4H2,1H3. The zero-order chi connectivity index (χ0) is 10.6. The molecule has 0 aromatic heterocycles. The van der Waals surface area contributed by atoms with Gasteiger partial charge in [0.25, 0.3) is 0 Å². The molecule has 0 aliphatic heterocycles. The van der Waals surface area contributed by atoms with Crippen molar-refractivity contribution in [3.05, 3.63) is 34.1 Å². The summed E-state index contributed by atoms with van der Waals surface area (Å²) in [7, 11) is 0. The Labute approximate surface area is 97.6 Å². The monoisotopic (exact) mass is 278 g/mol. The van der Waals surface area contributed by atoms with E-state index in [0.717, 1.165) is 29.3 Å². The number of hydrogen-bond acceptors (Lipinski definition) is 0. The first kappa shape index (κ1) is 12.0. The van der Waals surface area contributed by atoms with E-state index in [2.05, 4.69) is 22.9 Å². The molecule has 0 radical (unpaired) electrons. The van der Waals surface area contributed by atoms with Crippen molar-refractivity contribution in [1.82, 2.24) is 0 Å². The van der Waals surface area contributed by atoms with Crippen molar-refractivity contribution in [2.75, 3.05) is 0 Å². The minimum Gasteiger partial charge on any atom is -0.207 e. The van der Waals surface area contributed by atoms with Gasteiger partial charge in [-0.25, -0.2) is 4.39 Å². The topological polar surface area (TPSA) is 0 Å². The molecule has 0 bridgehead atoms. The van der Waals surface area contributed by atoms with E-state index < -0.39 is 0 Å². The molecule has 0 spiro atoms. The third-order valence-corrected chi connectivity index (χ3v) is 3.48. The van der Waals surface area contributed by atoms with Gasteiger partial charge in [0.2, 0.25) is 0 Å². The van der Waals surface area contributed by atoms with Crippen molar-refractivity contribution in [2.24, 2.45) is 0 Å². The highest BCUT2D eigenvalue weighted by Gasteiger charge is 2.05. The second-order valence-electron chi connectivity index (χ2n) is 3.28. The first-order valence-corrected chi connectivity index (χ1v) is 5.94. The van der Waals surface area contributed by atoms with E-state index in [1.54, 1.807) is 12.1 Å². The summed E-state index contributed by atoms with van der Waals surface area (Å²) in [5, 5.41) is 0.185. The Morgan fingerprint density at radius 2 is 2.21 bits per heavy atom. The summed E-state index contributed by atoms with van der Waals surface area (Å²) in [5.74, 6) is -0.189. The van der Waals surface area contributed by atoms with Crippen LogP contribution in [0.4, 0.5) is 4.39 Å². The van der Waals surface area contributed by atoms with E-state index in [1.807, 2.05) is 0 Å². The molecule has 3 heteroatoms. The van der Waals surface area contributed by atoms with Gasteiger partial charge in [-0.05, 0) is 43.0 Å². The molecule has 0 nitrogen and oxygen atoms in total. The molecular weight excluding hydrogens is 266 g/mol. The molecule has 1 aromatic carbocycles. The highest BCUT2D eigenvalue weighted by Crippen LogP contribution is 2.21. The van der Waals surface area contributed by atoms with Crippen LogP contribution in [-0.4, -0.2) is 5.38 Å². The smallest absolute Gasteiger partial charge is 0.123 e. The van der Waals surface area contributed by atoms with Crippen LogP contribution in [-0.2, 0) is 6.42 Å². The molecule has 0 N–H and O–H groups in total. The molecule has 0 saturated carbocycles. The van der Waals surface area contributed by atoms with Gasteiger partial charge in [-0.2, -0.15) is 0 Å². The Morgan fingerprint density at radius 1 is 1.50 bits per heavy atom. The van der Waals surface area contributed by atoms with Gasteiger partial charge in [0.1, 0.15) is 5.82 Å². The van der Waals surface area contributed by atoms with Gasteiger partial charge in [-0.1, -0.05) is 22.9 Å². The molecule has 0 amide bonds. The van der Waals surface area contributed by atoms with Gasteiger partial charge in [0, 0.05) is 9.85 Å². The van der Waals surface area contributed by atoms with Crippen LogP contribution in [0, 0.1) is 5.82 Å². The van der Waals surface area contributed by atoms with Crippen molar-refractivity contribution in [3.63, 3.8) is 0 Å². The fourth-order valence-corrected chi connectivity index (χ4v) is 1.81. The van der Waals surface area contributed by atoms with Crippen LogP contribution < -0.4 is 0 Å². The van der Waals surface area contributed by atoms with Crippen molar-refractivity contribution in [3.8, 4) is 0 Å². The van der Waals surface area contributed by atoms with Crippen LogP contribution in [0.25, 0.3) is 0 Å². The molecule has 1 aromatic rings. The summed E-state index contributed by atoms with van der Waals surface area (Å²) in [6.07, 6.45) is 2.66. The third-order valence-electron chi connectivity index (χ3n) is 2.18. The second kappa shape index (κ2) is 5.72. The molecule has 0 aliphatic rings. The van der Waals surface area contributed by atoms with Gasteiger partial charge in [-0.3, -0.25) is 0 Å².